The van der Waals surface area contributed by atoms with Crippen molar-refractivity contribution in [1.29, 1.82) is 0 Å². The molecule has 0 aromatic heterocycles. The normalized spacial score (nSPS) is 14.2. The van der Waals surface area contributed by atoms with Crippen molar-refractivity contribution in [3.05, 3.63) is 29.8 Å². The van der Waals surface area contributed by atoms with Crippen LogP contribution in [0.4, 0.5) is 0 Å². The first-order chi connectivity index (χ1) is 8.69. The first-order valence-corrected chi connectivity index (χ1v) is 7.09. The maximum atomic E-state index is 10.2. The zero-order valence-electron chi connectivity index (χ0n) is 11.9. The van der Waals surface area contributed by atoms with Crippen molar-refractivity contribution in [2.75, 3.05) is 6.61 Å². The van der Waals surface area contributed by atoms with Crippen LogP contribution < -0.4 is 4.74 Å². The fourth-order valence-corrected chi connectivity index (χ4v) is 1.99. The van der Waals surface area contributed by atoms with Crippen molar-refractivity contribution < 1.29 is 9.84 Å². The lowest BCUT2D eigenvalue weighted by Crippen LogP contribution is -2.09. The molecule has 1 N–H and O–H groups in total. The summed E-state index contributed by atoms with van der Waals surface area (Å²) in [6, 6.07) is 7.83. The van der Waals surface area contributed by atoms with Gasteiger partial charge >= 0.3 is 0 Å². The summed E-state index contributed by atoms with van der Waals surface area (Å²) in [5.74, 6) is 1.20. The second kappa shape index (κ2) is 8.15. The fraction of sp³-hybridized carbons (Fsp3) is 0.625. The predicted molar refractivity (Wildman–Crippen MR) is 75.9 cm³/mol. The van der Waals surface area contributed by atoms with Crippen molar-refractivity contribution >= 4 is 0 Å². The number of ether oxygens (including phenoxy) is 1. The molecule has 1 aromatic rings. The monoisotopic (exact) mass is 250 g/mol. The molecule has 2 unspecified atom stereocenters. The van der Waals surface area contributed by atoms with E-state index < -0.39 is 0 Å². The summed E-state index contributed by atoms with van der Waals surface area (Å²) in [6.45, 7) is 7.13. The minimum atomic E-state index is -0.364. The molecule has 0 aliphatic heterocycles. The average molecular weight is 250 g/mol. The summed E-state index contributed by atoms with van der Waals surface area (Å²) in [5.41, 5.74) is 0.988. The van der Waals surface area contributed by atoms with E-state index in [1.54, 1.807) is 0 Å². The van der Waals surface area contributed by atoms with Gasteiger partial charge in [-0.3, -0.25) is 0 Å². The molecule has 0 aliphatic rings. The second-order valence-electron chi connectivity index (χ2n) is 4.98. The largest absolute Gasteiger partial charge is 0.494 e. The van der Waals surface area contributed by atoms with Gasteiger partial charge in [0.05, 0.1) is 12.7 Å². The first kappa shape index (κ1) is 15.0. The number of aliphatic hydroxyl groups is 1. The van der Waals surface area contributed by atoms with Gasteiger partial charge in [-0.15, -0.1) is 0 Å². The molecule has 2 atom stereocenters. The topological polar surface area (TPSA) is 29.5 Å². The third kappa shape index (κ3) is 4.69. The molecule has 0 saturated heterocycles. The molecular formula is C16H26O2. The van der Waals surface area contributed by atoms with Gasteiger partial charge in [-0.05, 0) is 36.5 Å². The fourth-order valence-electron chi connectivity index (χ4n) is 1.99. The Hall–Kier alpha value is -1.02. The molecule has 1 aromatic carbocycles. The third-order valence-corrected chi connectivity index (χ3v) is 3.25. The average Bonchev–Trinajstić information content (AvgIpc) is 2.42. The van der Waals surface area contributed by atoms with E-state index in [0.29, 0.717) is 5.92 Å². The number of benzene rings is 1. The molecule has 102 valence electrons. The Morgan fingerprint density at radius 2 is 1.78 bits per heavy atom. The van der Waals surface area contributed by atoms with E-state index in [-0.39, 0.29) is 6.10 Å². The highest BCUT2D eigenvalue weighted by Gasteiger charge is 2.15. The van der Waals surface area contributed by atoms with Crippen LogP contribution in [-0.2, 0) is 0 Å². The van der Waals surface area contributed by atoms with Gasteiger partial charge in [0.1, 0.15) is 5.75 Å². The van der Waals surface area contributed by atoms with Crippen LogP contribution in [0.1, 0.15) is 58.1 Å². The van der Waals surface area contributed by atoms with Crippen molar-refractivity contribution in [2.24, 2.45) is 5.92 Å². The van der Waals surface area contributed by atoms with Crippen LogP contribution in [0.25, 0.3) is 0 Å². The Morgan fingerprint density at radius 1 is 1.11 bits per heavy atom. The van der Waals surface area contributed by atoms with E-state index in [2.05, 4.69) is 20.8 Å². The summed E-state index contributed by atoms with van der Waals surface area (Å²) in [6.07, 6.45) is 4.08. The van der Waals surface area contributed by atoms with Crippen LogP contribution in [0.5, 0.6) is 5.75 Å². The first-order valence-electron chi connectivity index (χ1n) is 7.09. The second-order valence-corrected chi connectivity index (χ2v) is 4.98. The van der Waals surface area contributed by atoms with Gasteiger partial charge in [0, 0.05) is 0 Å². The maximum absolute atomic E-state index is 10.2. The van der Waals surface area contributed by atoms with Crippen LogP contribution in [0.15, 0.2) is 24.3 Å². The molecule has 0 heterocycles. The van der Waals surface area contributed by atoms with E-state index in [9.17, 15) is 5.11 Å². The van der Waals surface area contributed by atoms with Crippen LogP contribution in [0, 0.1) is 5.92 Å². The summed E-state index contributed by atoms with van der Waals surface area (Å²) < 4.78 is 5.53. The highest BCUT2D eigenvalue weighted by atomic mass is 16.5. The minimum Gasteiger partial charge on any atom is -0.494 e. The van der Waals surface area contributed by atoms with E-state index in [1.165, 1.54) is 12.8 Å². The Balaban J connectivity index is 2.55. The van der Waals surface area contributed by atoms with Crippen molar-refractivity contribution in [2.45, 2.75) is 52.6 Å². The third-order valence-electron chi connectivity index (χ3n) is 3.25. The lowest BCUT2D eigenvalue weighted by molar-refractivity contribution is 0.111. The molecule has 0 fully saturated rings. The predicted octanol–water partition coefficient (Wildman–Crippen LogP) is 4.34. The van der Waals surface area contributed by atoms with Crippen LogP contribution in [0.3, 0.4) is 0 Å². The highest BCUT2D eigenvalue weighted by Crippen LogP contribution is 2.27. The van der Waals surface area contributed by atoms with Gasteiger partial charge in [-0.2, -0.15) is 0 Å². The Morgan fingerprint density at radius 3 is 2.33 bits per heavy atom. The van der Waals surface area contributed by atoms with Crippen molar-refractivity contribution in [3.63, 3.8) is 0 Å². The quantitative estimate of drug-likeness (QED) is 0.744. The SMILES string of the molecule is CCCCC(C)C(O)c1ccc(OCCC)cc1. The van der Waals surface area contributed by atoms with Crippen LogP contribution in [-0.4, -0.2) is 11.7 Å². The van der Waals surface area contributed by atoms with Crippen molar-refractivity contribution in [1.82, 2.24) is 0 Å². The molecule has 0 radical (unpaired) electrons. The maximum Gasteiger partial charge on any atom is 0.119 e. The van der Waals surface area contributed by atoms with Gasteiger partial charge in [-0.1, -0.05) is 45.7 Å². The minimum absolute atomic E-state index is 0.312. The van der Waals surface area contributed by atoms with Gasteiger partial charge in [-0.25, -0.2) is 0 Å². The Labute approximate surface area is 111 Å². The van der Waals surface area contributed by atoms with E-state index in [1.807, 2.05) is 24.3 Å². The standard InChI is InChI=1S/C16H26O2/c1-4-6-7-13(3)16(17)14-8-10-15(11-9-14)18-12-5-2/h8-11,13,16-17H,4-7,12H2,1-3H3. The van der Waals surface area contributed by atoms with Crippen molar-refractivity contribution in [3.8, 4) is 5.75 Å². The number of aliphatic hydroxyl groups excluding tert-OH is 1. The van der Waals surface area contributed by atoms with Crippen LogP contribution >= 0.6 is 0 Å². The molecular weight excluding hydrogens is 224 g/mol. The summed E-state index contributed by atoms with van der Waals surface area (Å²) in [5, 5.41) is 10.2. The van der Waals surface area contributed by atoms with Gasteiger partial charge in [0.25, 0.3) is 0 Å². The summed E-state index contributed by atoms with van der Waals surface area (Å²) >= 11 is 0. The number of unbranched alkanes of at least 4 members (excludes halogenated alkanes) is 1. The van der Waals surface area contributed by atoms with Gasteiger partial charge < -0.3 is 9.84 Å². The number of rotatable bonds is 8. The van der Waals surface area contributed by atoms with E-state index in [4.69, 9.17) is 4.74 Å². The zero-order chi connectivity index (χ0) is 13.4. The van der Waals surface area contributed by atoms with E-state index >= 15 is 0 Å². The number of hydrogen-bond donors (Lipinski definition) is 1. The smallest absolute Gasteiger partial charge is 0.119 e. The number of hydrogen-bond acceptors (Lipinski definition) is 2. The summed E-state index contributed by atoms with van der Waals surface area (Å²) in [7, 11) is 0. The molecule has 0 amide bonds. The highest BCUT2D eigenvalue weighted by molar-refractivity contribution is 5.28. The lowest BCUT2D eigenvalue weighted by Gasteiger charge is -2.19. The molecule has 2 heteroatoms. The Bertz CT molecular complexity index is 318. The molecule has 0 spiro atoms. The lowest BCUT2D eigenvalue weighted by atomic mass is 9.93. The molecule has 1 rings (SSSR count). The Kier molecular flexibility index (Phi) is 6.81. The molecule has 0 bridgehead atoms. The molecule has 0 saturated carbocycles. The molecule has 18 heavy (non-hydrogen) atoms. The molecule has 2 nitrogen and oxygen atoms in total. The summed E-state index contributed by atoms with van der Waals surface area (Å²) in [4.78, 5) is 0. The van der Waals surface area contributed by atoms with Gasteiger partial charge in [0.2, 0.25) is 0 Å². The van der Waals surface area contributed by atoms with Crippen LogP contribution in [0.2, 0.25) is 0 Å². The molecule has 0 aliphatic carbocycles. The van der Waals surface area contributed by atoms with E-state index in [0.717, 1.165) is 30.8 Å². The van der Waals surface area contributed by atoms with Gasteiger partial charge in [0.15, 0.2) is 0 Å². The zero-order valence-corrected chi connectivity index (χ0v) is 11.9.